The predicted octanol–water partition coefficient (Wildman–Crippen LogP) is 3.66. The molecule has 2 aromatic carbocycles. The van der Waals surface area contributed by atoms with Crippen molar-refractivity contribution in [2.75, 3.05) is 18.2 Å². The summed E-state index contributed by atoms with van der Waals surface area (Å²) in [5, 5.41) is 3.00. The Morgan fingerprint density at radius 2 is 1.90 bits per heavy atom. The quantitative estimate of drug-likeness (QED) is 0.611. The normalized spacial score (nSPS) is 13.7. The minimum atomic E-state index is -0.934. The highest BCUT2D eigenvalue weighted by Gasteiger charge is 2.38. The van der Waals surface area contributed by atoms with Gasteiger partial charge in [-0.05, 0) is 29.8 Å². The zero-order chi connectivity index (χ0) is 21.3. The molecule has 1 aliphatic rings. The number of ether oxygens (including phenoxy) is 1. The second-order valence-electron chi connectivity index (χ2n) is 6.79. The number of aromatic nitrogens is 1. The number of nitrogens with zero attached hydrogens (tertiary/aromatic N) is 2. The van der Waals surface area contributed by atoms with Gasteiger partial charge in [-0.1, -0.05) is 48.0 Å². The number of carbonyl (C=O) groups excluding carboxylic acids is 2. The van der Waals surface area contributed by atoms with Crippen LogP contribution in [0.1, 0.15) is 27.5 Å². The third-order valence-corrected chi connectivity index (χ3v) is 5.20. The van der Waals surface area contributed by atoms with Crippen LogP contribution in [0, 0.1) is 0 Å². The molecule has 0 bridgehead atoms. The van der Waals surface area contributed by atoms with Crippen molar-refractivity contribution in [1.82, 2.24) is 9.88 Å². The molecular formula is C22H19ClN4O3. The lowest BCUT2D eigenvalue weighted by molar-refractivity contribution is -0.120. The molecule has 1 unspecified atom stereocenters. The van der Waals surface area contributed by atoms with Gasteiger partial charge in [0.25, 0.3) is 11.8 Å². The summed E-state index contributed by atoms with van der Waals surface area (Å²) in [6.07, 6.45) is 0. The summed E-state index contributed by atoms with van der Waals surface area (Å²) in [6.45, 7) is 0.305. The molecular weight excluding hydrogens is 404 g/mol. The molecule has 152 valence electrons. The molecule has 3 aromatic rings. The Kier molecular flexibility index (Phi) is 5.29. The second-order valence-corrected chi connectivity index (χ2v) is 7.18. The van der Waals surface area contributed by atoms with Crippen LogP contribution in [0.25, 0.3) is 0 Å². The van der Waals surface area contributed by atoms with E-state index in [9.17, 15) is 9.59 Å². The molecule has 1 atom stereocenters. The standard InChI is InChI=1S/C22H19ClN4O3/c1-30-17-9-5-4-8-15(17)19(21(28)25-16-10-11-18(23)26-20(16)24)27-12-13-6-2-3-7-14(13)22(27)29/h2-11,19H,12H2,1H3,(H2,24,26)(H,25,28). The van der Waals surface area contributed by atoms with E-state index in [-0.39, 0.29) is 16.9 Å². The number of pyridine rings is 1. The molecule has 0 saturated heterocycles. The Morgan fingerprint density at radius 3 is 2.63 bits per heavy atom. The second kappa shape index (κ2) is 8.04. The summed E-state index contributed by atoms with van der Waals surface area (Å²) in [6, 6.07) is 16.6. The number of rotatable bonds is 5. The number of hydrogen-bond acceptors (Lipinski definition) is 5. The van der Waals surface area contributed by atoms with Crippen molar-refractivity contribution in [1.29, 1.82) is 0 Å². The van der Waals surface area contributed by atoms with Crippen molar-refractivity contribution in [3.63, 3.8) is 0 Å². The van der Waals surface area contributed by atoms with E-state index in [2.05, 4.69) is 10.3 Å². The van der Waals surface area contributed by atoms with Gasteiger partial charge in [0.2, 0.25) is 0 Å². The molecule has 0 fully saturated rings. The van der Waals surface area contributed by atoms with Gasteiger partial charge in [0, 0.05) is 17.7 Å². The Balaban J connectivity index is 1.75. The molecule has 30 heavy (non-hydrogen) atoms. The minimum absolute atomic E-state index is 0.0886. The van der Waals surface area contributed by atoms with E-state index in [1.807, 2.05) is 12.1 Å². The number of halogens is 1. The van der Waals surface area contributed by atoms with E-state index in [1.165, 1.54) is 18.1 Å². The van der Waals surface area contributed by atoms with Gasteiger partial charge in [-0.3, -0.25) is 9.59 Å². The molecule has 7 nitrogen and oxygen atoms in total. The summed E-state index contributed by atoms with van der Waals surface area (Å²) in [5.41, 5.74) is 8.23. The Bertz CT molecular complexity index is 1130. The molecule has 4 rings (SSSR count). The maximum atomic E-state index is 13.4. The smallest absolute Gasteiger partial charge is 0.255 e. The van der Waals surface area contributed by atoms with Crippen molar-refractivity contribution >= 4 is 34.9 Å². The number of methoxy groups -OCH3 is 1. The molecule has 0 spiro atoms. The third kappa shape index (κ3) is 3.55. The topological polar surface area (TPSA) is 97.5 Å². The van der Waals surface area contributed by atoms with Gasteiger partial charge in [-0.15, -0.1) is 0 Å². The van der Waals surface area contributed by atoms with Crippen molar-refractivity contribution in [2.24, 2.45) is 0 Å². The number of carbonyl (C=O) groups is 2. The maximum Gasteiger partial charge on any atom is 0.255 e. The largest absolute Gasteiger partial charge is 0.496 e. The van der Waals surface area contributed by atoms with Gasteiger partial charge in [-0.2, -0.15) is 0 Å². The van der Waals surface area contributed by atoms with E-state index in [1.54, 1.807) is 42.5 Å². The molecule has 3 N–H and O–H groups in total. The predicted molar refractivity (Wildman–Crippen MR) is 114 cm³/mol. The summed E-state index contributed by atoms with van der Waals surface area (Å²) in [5.74, 6) is -0.0652. The first kappa shape index (κ1) is 19.7. The van der Waals surface area contributed by atoms with Crippen molar-refractivity contribution in [3.8, 4) is 5.75 Å². The van der Waals surface area contributed by atoms with Crippen LogP contribution in [0.3, 0.4) is 0 Å². The molecule has 1 aliphatic heterocycles. The zero-order valence-corrected chi connectivity index (χ0v) is 16.9. The first-order chi connectivity index (χ1) is 14.5. The fraction of sp³-hybridized carbons (Fsp3) is 0.136. The van der Waals surface area contributed by atoms with Crippen molar-refractivity contribution in [2.45, 2.75) is 12.6 Å². The average molecular weight is 423 g/mol. The summed E-state index contributed by atoms with van der Waals surface area (Å²) >= 11 is 5.85. The number of nitrogens with one attached hydrogen (secondary N) is 1. The van der Waals surface area contributed by atoms with Crippen molar-refractivity contribution < 1.29 is 14.3 Å². The van der Waals surface area contributed by atoms with E-state index < -0.39 is 11.9 Å². The number of benzene rings is 2. The van der Waals surface area contributed by atoms with E-state index in [4.69, 9.17) is 22.1 Å². The zero-order valence-electron chi connectivity index (χ0n) is 16.1. The van der Waals surface area contributed by atoms with Gasteiger partial charge in [0.1, 0.15) is 22.8 Å². The number of hydrogen-bond donors (Lipinski definition) is 2. The minimum Gasteiger partial charge on any atom is -0.496 e. The van der Waals surface area contributed by atoms with Gasteiger partial charge < -0.3 is 20.7 Å². The maximum absolute atomic E-state index is 13.4. The van der Waals surface area contributed by atoms with Gasteiger partial charge in [0.05, 0.1) is 12.8 Å². The number of nitrogens with two attached hydrogens (primary N) is 1. The van der Waals surface area contributed by atoms with Crippen LogP contribution in [0.5, 0.6) is 5.75 Å². The van der Waals surface area contributed by atoms with Crippen LogP contribution in [0.15, 0.2) is 60.7 Å². The van der Waals surface area contributed by atoms with E-state index in [0.717, 1.165) is 5.56 Å². The van der Waals surface area contributed by atoms with Crippen LogP contribution < -0.4 is 15.8 Å². The molecule has 0 saturated carbocycles. The van der Waals surface area contributed by atoms with E-state index >= 15 is 0 Å². The first-order valence-corrected chi connectivity index (χ1v) is 9.62. The lowest BCUT2D eigenvalue weighted by Crippen LogP contribution is -2.38. The van der Waals surface area contributed by atoms with Crippen LogP contribution in [0.4, 0.5) is 11.5 Å². The Hall–Kier alpha value is -3.58. The number of nitrogen functional groups attached to an aromatic ring is 1. The molecule has 2 amide bonds. The third-order valence-electron chi connectivity index (χ3n) is 4.99. The Morgan fingerprint density at radius 1 is 1.17 bits per heavy atom. The summed E-state index contributed by atoms with van der Waals surface area (Å²) < 4.78 is 5.47. The van der Waals surface area contributed by atoms with Crippen molar-refractivity contribution in [3.05, 3.63) is 82.5 Å². The highest BCUT2D eigenvalue weighted by molar-refractivity contribution is 6.29. The van der Waals surface area contributed by atoms with Crippen LogP contribution in [-0.2, 0) is 11.3 Å². The number of para-hydroxylation sites is 1. The highest BCUT2D eigenvalue weighted by atomic mass is 35.5. The first-order valence-electron chi connectivity index (χ1n) is 9.24. The van der Waals surface area contributed by atoms with Gasteiger partial charge in [-0.25, -0.2) is 4.98 Å². The fourth-order valence-electron chi connectivity index (χ4n) is 3.59. The SMILES string of the molecule is COc1ccccc1C(C(=O)Nc1ccc(Cl)nc1N)N1Cc2ccccc2C1=O. The molecule has 0 radical (unpaired) electrons. The number of anilines is 2. The lowest BCUT2D eigenvalue weighted by Gasteiger charge is -2.28. The van der Waals surface area contributed by atoms with Gasteiger partial charge >= 0.3 is 0 Å². The van der Waals surface area contributed by atoms with E-state index in [0.29, 0.717) is 29.1 Å². The molecule has 0 aliphatic carbocycles. The lowest BCUT2D eigenvalue weighted by atomic mass is 10.0. The highest BCUT2D eigenvalue weighted by Crippen LogP contribution is 2.36. The fourth-order valence-corrected chi connectivity index (χ4v) is 3.74. The molecule has 2 heterocycles. The number of fused-ring (bicyclic) bond motifs is 1. The monoisotopic (exact) mass is 422 g/mol. The molecule has 8 heteroatoms. The molecule has 1 aromatic heterocycles. The van der Waals surface area contributed by atoms with Gasteiger partial charge in [0.15, 0.2) is 0 Å². The van der Waals surface area contributed by atoms with Crippen LogP contribution >= 0.6 is 11.6 Å². The summed E-state index contributed by atoms with van der Waals surface area (Å²) in [7, 11) is 1.52. The van der Waals surface area contributed by atoms with Crippen LogP contribution in [0.2, 0.25) is 5.15 Å². The Labute approximate surface area is 178 Å². The summed E-state index contributed by atoms with van der Waals surface area (Å²) in [4.78, 5) is 32.0. The van der Waals surface area contributed by atoms with Crippen LogP contribution in [-0.4, -0.2) is 28.8 Å². The number of amides is 2. The average Bonchev–Trinajstić information content (AvgIpc) is 3.07.